The Hall–Kier alpha value is -2.56. The number of carbonyl (C=O) groups is 1. The van der Waals surface area contributed by atoms with Gasteiger partial charge in [0.25, 0.3) is 0 Å². The number of sulfone groups is 1. The van der Waals surface area contributed by atoms with Gasteiger partial charge in [-0.25, -0.2) is 18.1 Å². The molecule has 2 aromatic heterocycles. The summed E-state index contributed by atoms with van der Waals surface area (Å²) in [4.78, 5) is 18.1. The van der Waals surface area contributed by atoms with E-state index in [0.717, 1.165) is 16.5 Å². The van der Waals surface area contributed by atoms with Crippen LogP contribution < -0.4 is 10.0 Å². The van der Waals surface area contributed by atoms with Gasteiger partial charge in [0.2, 0.25) is 6.41 Å². The lowest BCUT2D eigenvalue weighted by molar-refractivity contribution is -0.105. The predicted molar refractivity (Wildman–Crippen MR) is 110 cm³/mol. The summed E-state index contributed by atoms with van der Waals surface area (Å²) in [7, 11) is -3.07. The zero-order valence-corrected chi connectivity index (χ0v) is 16.3. The van der Waals surface area contributed by atoms with Crippen LogP contribution in [0.25, 0.3) is 22.2 Å². The van der Waals surface area contributed by atoms with Crippen LogP contribution in [0.2, 0.25) is 0 Å². The van der Waals surface area contributed by atoms with Crippen LogP contribution in [0.4, 0.5) is 11.5 Å². The Morgan fingerprint density at radius 2 is 2.04 bits per heavy atom. The van der Waals surface area contributed by atoms with Gasteiger partial charge in [-0.1, -0.05) is 12.1 Å². The van der Waals surface area contributed by atoms with E-state index in [0.29, 0.717) is 30.0 Å². The van der Waals surface area contributed by atoms with Crippen molar-refractivity contribution in [1.82, 2.24) is 9.97 Å². The van der Waals surface area contributed by atoms with Crippen LogP contribution in [-0.4, -0.2) is 46.1 Å². The maximum atomic E-state index is 12.4. The molecular weight excluding hydrogens is 400 g/mol. The molecule has 1 aromatic carbocycles. The minimum Gasteiger partial charge on any atom is -0.593 e. The molecule has 1 saturated heterocycles. The molecule has 2 atom stereocenters. The van der Waals surface area contributed by atoms with E-state index in [1.54, 1.807) is 24.4 Å². The molecule has 0 spiro atoms. The molecular formula is C18H18N4O4S2. The second-order valence-corrected chi connectivity index (χ2v) is 10.3. The minimum absolute atomic E-state index is 0.0420. The van der Waals surface area contributed by atoms with Gasteiger partial charge in [0.15, 0.2) is 15.1 Å². The number of H-pyrrole nitrogens is 1. The van der Waals surface area contributed by atoms with Crippen molar-refractivity contribution >= 4 is 50.1 Å². The number of rotatable bonds is 6. The number of hydrogen-bond donors (Lipinski definition) is 3. The number of aromatic nitrogens is 2. The third-order valence-electron chi connectivity index (χ3n) is 4.64. The molecule has 28 heavy (non-hydrogen) atoms. The van der Waals surface area contributed by atoms with Gasteiger partial charge in [0, 0.05) is 18.0 Å². The summed E-state index contributed by atoms with van der Waals surface area (Å²) >= 11 is -1.46. The number of hydrogen-bond acceptors (Lipinski definition) is 6. The van der Waals surface area contributed by atoms with Crippen LogP contribution in [0.5, 0.6) is 0 Å². The van der Waals surface area contributed by atoms with E-state index in [1.165, 1.54) is 0 Å². The number of nitrogens with zero attached hydrogens (tertiary/aromatic N) is 1. The first-order valence-corrected chi connectivity index (χ1v) is 11.6. The van der Waals surface area contributed by atoms with Crippen molar-refractivity contribution in [3.8, 4) is 11.1 Å². The SMILES string of the molecule is O=CNc1cc(-c2ccc(N[S+]([O-])C3CCS(=O)(=O)C3)cc2)c2cc[nH]c2n1. The first kappa shape index (κ1) is 18.8. The Bertz CT molecular complexity index is 1110. The largest absolute Gasteiger partial charge is 0.593 e. The molecule has 1 aliphatic heterocycles. The lowest BCUT2D eigenvalue weighted by Crippen LogP contribution is -2.28. The lowest BCUT2D eigenvalue weighted by atomic mass is 10.0. The quantitative estimate of drug-likeness (QED) is 0.415. The van der Waals surface area contributed by atoms with E-state index in [4.69, 9.17) is 0 Å². The summed E-state index contributed by atoms with van der Waals surface area (Å²) < 4.78 is 38.4. The van der Waals surface area contributed by atoms with Gasteiger partial charge in [-0.3, -0.25) is 4.79 Å². The number of amides is 1. The fourth-order valence-corrected chi connectivity index (χ4v) is 6.93. The topological polar surface area (TPSA) is 127 Å². The van der Waals surface area contributed by atoms with Gasteiger partial charge in [-0.2, -0.15) is 0 Å². The predicted octanol–water partition coefficient (Wildman–Crippen LogP) is 2.06. The van der Waals surface area contributed by atoms with Gasteiger partial charge < -0.3 is 14.9 Å². The van der Waals surface area contributed by atoms with E-state index < -0.39 is 21.2 Å². The molecule has 1 amide bonds. The third-order valence-corrected chi connectivity index (χ3v) is 8.07. The molecule has 0 radical (unpaired) electrons. The summed E-state index contributed by atoms with van der Waals surface area (Å²) in [5.41, 5.74) is 3.11. The zero-order chi connectivity index (χ0) is 19.7. The van der Waals surface area contributed by atoms with Crippen LogP contribution in [0.1, 0.15) is 6.42 Å². The van der Waals surface area contributed by atoms with Crippen molar-refractivity contribution in [2.24, 2.45) is 0 Å². The fourth-order valence-electron chi connectivity index (χ4n) is 3.26. The second-order valence-electron chi connectivity index (χ2n) is 6.56. The molecule has 1 aliphatic rings. The van der Waals surface area contributed by atoms with Gasteiger partial charge >= 0.3 is 0 Å². The number of pyridine rings is 1. The van der Waals surface area contributed by atoms with E-state index in [1.807, 2.05) is 18.2 Å². The van der Waals surface area contributed by atoms with E-state index in [-0.39, 0.29) is 16.8 Å². The Balaban J connectivity index is 1.56. The molecule has 3 heterocycles. The summed E-state index contributed by atoms with van der Waals surface area (Å²) in [5.74, 6) is 0.487. The summed E-state index contributed by atoms with van der Waals surface area (Å²) in [5, 5.41) is 3.09. The zero-order valence-electron chi connectivity index (χ0n) is 14.7. The number of nitrogens with one attached hydrogen (secondary N) is 3. The van der Waals surface area contributed by atoms with Crippen LogP contribution in [0.15, 0.2) is 42.6 Å². The molecule has 3 aromatic rings. The van der Waals surface area contributed by atoms with Gasteiger partial charge in [0.1, 0.15) is 17.2 Å². The first-order chi connectivity index (χ1) is 13.4. The lowest BCUT2D eigenvalue weighted by Gasteiger charge is -2.17. The van der Waals surface area contributed by atoms with Crippen molar-refractivity contribution < 1.29 is 17.8 Å². The Morgan fingerprint density at radius 3 is 2.71 bits per heavy atom. The number of aromatic amines is 1. The van der Waals surface area contributed by atoms with Crippen LogP contribution in [0.3, 0.4) is 0 Å². The number of carbonyl (C=O) groups excluding carboxylic acids is 1. The molecule has 0 aliphatic carbocycles. The standard InChI is InChI=1S/C18H18N4O4S2/c23-11-20-17-9-16(15-5-7-19-18(15)21-17)12-1-3-13(4-2-12)22-27(24)14-6-8-28(25,26)10-14/h1-5,7,9,11,14,22H,6,8,10H2,(H2,19,20,21,23). The smallest absolute Gasteiger partial charge is 0.212 e. The molecule has 1 fully saturated rings. The molecule has 10 heteroatoms. The van der Waals surface area contributed by atoms with Crippen molar-refractivity contribution in [3.63, 3.8) is 0 Å². The number of anilines is 2. The summed E-state index contributed by atoms with van der Waals surface area (Å²) in [6.45, 7) is 0. The van der Waals surface area contributed by atoms with E-state index >= 15 is 0 Å². The van der Waals surface area contributed by atoms with E-state index in [9.17, 15) is 17.8 Å². The molecule has 8 nitrogen and oxygen atoms in total. The Morgan fingerprint density at radius 1 is 1.25 bits per heavy atom. The van der Waals surface area contributed by atoms with E-state index in [2.05, 4.69) is 20.0 Å². The highest BCUT2D eigenvalue weighted by Crippen LogP contribution is 2.31. The monoisotopic (exact) mass is 418 g/mol. The third kappa shape index (κ3) is 3.84. The summed E-state index contributed by atoms with van der Waals surface area (Å²) in [6.07, 6.45) is 2.77. The highest BCUT2D eigenvalue weighted by Gasteiger charge is 2.36. The maximum Gasteiger partial charge on any atom is 0.212 e. The molecule has 146 valence electrons. The number of fused-ring (bicyclic) bond motifs is 1. The molecule has 4 rings (SSSR count). The normalized spacial score (nSPS) is 19.4. The maximum absolute atomic E-state index is 12.4. The summed E-state index contributed by atoms with van der Waals surface area (Å²) in [6, 6.07) is 11.0. The van der Waals surface area contributed by atoms with Crippen LogP contribution >= 0.6 is 0 Å². The average Bonchev–Trinajstić information content (AvgIpc) is 3.28. The fraction of sp³-hybridized carbons (Fsp3) is 0.222. The Labute approximate surface area is 165 Å². The van der Waals surface area contributed by atoms with Crippen molar-refractivity contribution in [1.29, 1.82) is 0 Å². The van der Waals surface area contributed by atoms with Crippen molar-refractivity contribution in [2.45, 2.75) is 11.7 Å². The van der Waals surface area contributed by atoms with Crippen molar-refractivity contribution in [2.75, 3.05) is 21.5 Å². The second kappa shape index (κ2) is 7.46. The minimum atomic E-state index is -3.07. The highest BCUT2D eigenvalue weighted by atomic mass is 32.2. The van der Waals surface area contributed by atoms with Gasteiger partial charge in [-0.05, 0) is 35.4 Å². The number of benzene rings is 1. The molecule has 0 bridgehead atoms. The highest BCUT2D eigenvalue weighted by molar-refractivity contribution is 7.97. The Kier molecular flexibility index (Phi) is 5.00. The van der Waals surface area contributed by atoms with Crippen LogP contribution in [0, 0.1) is 0 Å². The van der Waals surface area contributed by atoms with Crippen molar-refractivity contribution in [3.05, 3.63) is 42.6 Å². The molecule has 0 saturated carbocycles. The van der Waals surface area contributed by atoms with Crippen LogP contribution in [-0.2, 0) is 26.0 Å². The van der Waals surface area contributed by atoms with Gasteiger partial charge in [0.05, 0.1) is 22.8 Å². The molecule has 3 N–H and O–H groups in total. The van der Waals surface area contributed by atoms with Gasteiger partial charge in [-0.15, -0.1) is 0 Å². The first-order valence-electron chi connectivity index (χ1n) is 8.61. The molecule has 2 unspecified atom stereocenters. The average molecular weight is 419 g/mol.